The summed E-state index contributed by atoms with van der Waals surface area (Å²) in [6, 6.07) is 0. The molecule has 0 unspecified atom stereocenters. The molecule has 5 nitrogen and oxygen atoms in total. The summed E-state index contributed by atoms with van der Waals surface area (Å²) in [6.07, 6.45) is 1.44. The van der Waals surface area contributed by atoms with Gasteiger partial charge in [-0.3, -0.25) is 19.4 Å². The SMILES string of the molecule is CCOC=C1N(C)C(=O)C(C)(C)C(=O)N1C. The maximum Gasteiger partial charge on any atom is 0.243 e. The highest BCUT2D eigenvalue weighted by Crippen LogP contribution is 2.30. The van der Waals surface area contributed by atoms with Crippen molar-refractivity contribution < 1.29 is 14.3 Å². The zero-order valence-electron chi connectivity index (χ0n) is 10.4. The van der Waals surface area contributed by atoms with Gasteiger partial charge in [0.2, 0.25) is 11.8 Å². The molecule has 1 aliphatic rings. The van der Waals surface area contributed by atoms with Gasteiger partial charge in [-0.1, -0.05) is 0 Å². The molecule has 1 heterocycles. The van der Waals surface area contributed by atoms with Crippen LogP contribution in [0.3, 0.4) is 0 Å². The first-order valence-electron chi connectivity index (χ1n) is 5.22. The van der Waals surface area contributed by atoms with Crippen LogP contribution in [0.2, 0.25) is 0 Å². The van der Waals surface area contributed by atoms with E-state index in [1.165, 1.54) is 16.1 Å². The molecular formula is C11H18N2O3. The van der Waals surface area contributed by atoms with E-state index in [1.807, 2.05) is 6.92 Å². The third-order valence-corrected chi connectivity index (χ3v) is 2.72. The predicted molar refractivity (Wildman–Crippen MR) is 59.0 cm³/mol. The van der Waals surface area contributed by atoms with Crippen LogP contribution >= 0.6 is 0 Å². The van der Waals surface area contributed by atoms with E-state index in [2.05, 4.69) is 0 Å². The first-order chi connectivity index (χ1) is 7.34. The first-order valence-corrected chi connectivity index (χ1v) is 5.22. The third kappa shape index (κ3) is 1.77. The second-order valence-corrected chi connectivity index (χ2v) is 4.28. The average molecular weight is 226 g/mol. The van der Waals surface area contributed by atoms with Crippen LogP contribution in [0.1, 0.15) is 20.8 Å². The normalized spacial score (nSPS) is 20.2. The molecule has 5 heteroatoms. The van der Waals surface area contributed by atoms with E-state index in [9.17, 15) is 9.59 Å². The number of amides is 2. The van der Waals surface area contributed by atoms with Gasteiger partial charge >= 0.3 is 0 Å². The summed E-state index contributed by atoms with van der Waals surface area (Å²) in [5.74, 6) is 0.0271. The predicted octanol–water partition coefficient (Wildman–Crippen LogP) is 0.778. The first kappa shape index (κ1) is 12.5. The minimum absolute atomic E-state index is 0.221. The Kier molecular flexibility index (Phi) is 3.26. The van der Waals surface area contributed by atoms with Crippen molar-refractivity contribution >= 4 is 11.8 Å². The van der Waals surface area contributed by atoms with Crippen molar-refractivity contribution in [2.75, 3.05) is 20.7 Å². The lowest BCUT2D eigenvalue weighted by atomic mass is 9.88. The molecule has 0 spiro atoms. The van der Waals surface area contributed by atoms with Gasteiger partial charge in [-0.05, 0) is 20.8 Å². The summed E-state index contributed by atoms with van der Waals surface area (Å²) in [5, 5.41) is 0. The Balaban J connectivity index is 3.09. The van der Waals surface area contributed by atoms with E-state index in [-0.39, 0.29) is 11.8 Å². The molecule has 16 heavy (non-hydrogen) atoms. The van der Waals surface area contributed by atoms with Gasteiger partial charge in [0.25, 0.3) is 0 Å². The largest absolute Gasteiger partial charge is 0.498 e. The van der Waals surface area contributed by atoms with Gasteiger partial charge in [0.1, 0.15) is 11.7 Å². The molecule has 1 aliphatic heterocycles. The Morgan fingerprint density at radius 3 is 2.00 bits per heavy atom. The molecule has 1 saturated heterocycles. The van der Waals surface area contributed by atoms with E-state index >= 15 is 0 Å². The Hall–Kier alpha value is -1.52. The molecule has 0 N–H and O–H groups in total. The standard InChI is InChI=1S/C11H18N2O3/c1-6-16-7-8-12(4)9(14)11(2,3)10(15)13(8)5/h7H,6H2,1-5H3. The molecule has 0 bridgehead atoms. The fourth-order valence-electron chi connectivity index (χ4n) is 1.68. The molecule has 0 aromatic carbocycles. The van der Waals surface area contributed by atoms with E-state index in [0.717, 1.165) is 0 Å². The van der Waals surface area contributed by atoms with Crippen LogP contribution in [0, 0.1) is 5.41 Å². The molecule has 0 aromatic heterocycles. The number of nitrogens with zero attached hydrogens (tertiary/aromatic N) is 2. The number of rotatable bonds is 2. The maximum absolute atomic E-state index is 12.0. The highest BCUT2D eigenvalue weighted by atomic mass is 16.5. The monoisotopic (exact) mass is 226 g/mol. The third-order valence-electron chi connectivity index (χ3n) is 2.72. The van der Waals surface area contributed by atoms with Crippen molar-refractivity contribution in [2.45, 2.75) is 20.8 Å². The number of ether oxygens (including phenoxy) is 1. The zero-order valence-corrected chi connectivity index (χ0v) is 10.4. The van der Waals surface area contributed by atoms with Crippen LogP contribution in [0.25, 0.3) is 0 Å². The Morgan fingerprint density at radius 2 is 1.62 bits per heavy atom. The summed E-state index contributed by atoms with van der Waals surface area (Å²) in [7, 11) is 3.27. The fourth-order valence-corrected chi connectivity index (χ4v) is 1.68. The van der Waals surface area contributed by atoms with E-state index in [4.69, 9.17) is 4.74 Å². The Labute approximate surface area is 95.6 Å². The maximum atomic E-state index is 12.0. The summed E-state index contributed by atoms with van der Waals surface area (Å²) in [5.41, 5.74) is -1.01. The minimum Gasteiger partial charge on any atom is -0.498 e. The molecule has 1 rings (SSSR count). The highest BCUT2D eigenvalue weighted by molar-refractivity contribution is 6.07. The van der Waals surface area contributed by atoms with Crippen molar-refractivity contribution in [2.24, 2.45) is 5.41 Å². The van der Waals surface area contributed by atoms with Gasteiger partial charge in [-0.25, -0.2) is 0 Å². The molecular weight excluding hydrogens is 208 g/mol. The van der Waals surface area contributed by atoms with Crippen LogP contribution in [0.5, 0.6) is 0 Å². The number of carbonyl (C=O) groups excluding carboxylic acids is 2. The second kappa shape index (κ2) is 4.15. The summed E-state index contributed by atoms with van der Waals surface area (Å²) in [4.78, 5) is 26.8. The van der Waals surface area contributed by atoms with Gasteiger partial charge in [0.05, 0.1) is 6.61 Å². The molecule has 0 aliphatic carbocycles. The number of hydrogen-bond acceptors (Lipinski definition) is 3. The van der Waals surface area contributed by atoms with Crippen molar-refractivity contribution in [1.82, 2.24) is 9.80 Å². The van der Waals surface area contributed by atoms with Gasteiger partial charge in [-0.2, -0.15) is 0 Å². The molecule has 0 atom stereocenters. The number of carbonyl (C=O) groups is 2. The van der Waals surface area contributed by atoms with Crippen molar-refractivity contribution in [3.05, 3.63) is 12.1 Å². The summed E-state index contributed by atoms with van der Waals surface area (Å²) < 4.78 is 5.13. The lowest BCUT2D eigenvalue weighted by Gasteiger charge is -2.40. The molecule has 0 radical (unpaired) electrons. The van der Waals surface area contributed by atoms with Crippen LogP contribution in [-0.2, 0) is 14.3 Å². The van der Waals surface area contributed by atoms with Gasteiger partial charge in [-0.15, -0.1) is 0 Å². The highest BCUT2D eigenvalue weighted by Gasteiger charge is 2.47. The Morgan fingerprint density at radius 1 is 1.19 bits per heavy atom. The molecule has 2 amide bonds. The quantitative estimate of drug-likeness (QED) is 0.516. The Bertz CT molecular complexity index is 321. The zero-order chi connectivity index (χ0) is 12.5. The van der Waals surface area contributed by atoms with Crippen LogP contribution < -0.4 is 0 Å². The summed E-state index contributed by atoms with van der Waals surface area (Å²) in [6.45, 7) is 5.59. The van der Waals surface area contributed by atoms with E-state index in [1.54, 1.807) is 27.9 Å². The molecule has 1 fully saturated rings. The lowest BCUT2D eigenvalue weighted by Crippen LogP contribution is -2.56. The molecule has 0 saturated carbocycles. The minimum atomic E-state index is -1.01. The van der Waals surface area contributed by atoms with Crippen molar-refractivity contribution in [3.63, 3.8) is 0 Å². The molecule has 90 valence electrons. The fraction of sp³-hybridized carbons (Fsp3) is 0.636. The van der Waals surface area contributed by atoms with Crippen LogP contribution in [0.4, 0.5) is 0 Å². The average Bonchev–Trinajstić information content (AvgIpc) is 2.25. The topological polar surface area (TPSA) is 49.9 Å². The second-order valence-electron chi connectivity index (χ2n) is 4.28. The van der Waals surface area contributed by atoms with Crippen LogP contribution in [-0.4, -0.2) is 42.3 Å². The van der Waals surface area contributed by atoms with Gasteiger partial charge in [0, 0.05) is 14.1 Å². The van der Waals surface area contributed by atoms with Gasteiger partial charge < -0.3 is 4.74 Å². The van der Waals surface area contributed by atoms with Crippen molar-refractivity contribution in [3.8, 4) is 0 Å². The smallest absolute Gasteiger partial charge is 0.243 e. The van der Waals surface area contributed by atoms with E-state index in [0.29, 0.717) is 12.4 Å². The number of hydrogen-bond donors (Lipinski definition) is 0. The van der Waals surface area contributed by atoms with Gasteiger partial charge in [0.15, 0.2) is 5.82 Å². The van der Waals surface area contributed by atoms with E-state index < -0.39 is 5.41 Å². The lowest BCUT2D eigenvalue weighted by molar-refractivity contribution is -0.158. The van der Waals surface area contributed by atoms with Crippen molar-refractivity contribution in [1.29, 1.82) is 0 Å². The van der Waals surface area contributed by atoms with Crippen LogP contribution in [0.15, 0.2) is 12.1 Å². The summed E-state index contributed by atoms with van der Waals surface area (Å²) >= 11 is 0. The molecule has 0 aromatic rings.